The minimum atomic E-state index is -0.912. The van der Waals surface area contributed by atoms with Crippen LogP contribution in [0, 0.1) is 0 Å². The number of hydrogen-bond acceptors (Lipinski definition) is 4. The Morgan fingerprint density at radius 3 is 2.12 bits per heavy atom. The Labute approximate surface area is 100 Å². The second-order valence-corrected chi connectivity index (χ2v) is 4.83. The molecule has 0 heterocycles. The summed E-state index contributed by atoms with van der Waals surface area (Å²) in [7, 11) is 0.895. The molecule has 0 aliphatic carbocycles. The molecule has 0 saturated heterocycles. The molecule has 0 aromatic rings. The van der Waals surface area contributed by atoms with E-state index in [0.29, 0.717) is 18.8 Å². The Hall–Kier alpha value is -0.653. The highest BCUT2D eigenvalue weighted by atomic mass is 28.1. The highest BCUT2D eigenvalue weighted by Gasteiger charge is 2.19. The Bertz CT molecular complexity index is 224. The Morgan fingerprint density at radius 1 is 1.25 bits per heavy atom. The lowest BCUT2D eigenvalue weighted by molar-refractivity contribution is -0.270. The summed E-state index contributed by atoms with van der Waals surface area (Å²) in [5.74, 6) is -0.422. The van der Waals surface area contributed by atoms with Gasteiger partial charge in [-0.05, 0) is 19.4 Å². The van der Waals surface area contributed by atoms with Gasteiger partial charge in [0.25, 0.3) is 0 Å². The van der Waals surface area contributed by atoms with E-state index < -0.39 is 12.4 Å². The molecule has 94 valence electrons. The van der Waals surface area contributed by atoms with Crippen molar-refractivity contribution >= 4 is 16.2 Å². The smallest absolute Gasteiger partial charge is 0.337 e. The number of rotatable bonds is 8. The first-order valence-electron chi connectivity index (χ1n) is 5.69. The summed E-state index contributed by atoms with van der Waals surface area (Å²) in [6.45, 7) is 9.36. The Balaban J connectivity index is 4.22. The molecule has 0 radical (unpaired) electrons. The zero-order valence-electron chi connectivity index (χ0n) is 10.6. The van der Waals surface area contributed by atoms with Gasteiger partial charge < -0.3 is 14.2 Å². The first-order valence-corrected chi connectivity index (χ1v) is 6.85. The van der Waals surface area contributed by atoms with Crippen molar-refractivity contribution in [2.45, 2.75) is 39.2 Å². The van der Waals surface area contributed by atoms with Crippen LogP contribution in [0.4, 0.5) is 0 Å². The van der Waals surface area contributed by atoms with Crippen LogP contribution in [0.2, 0.25) is 5.54 Å². The molecule has 0 N–H and O–H groups in total. The second kappa shape index (κ2) is 8.49. The lowest BCUT2D eigenvalue weighted by atomic mass is 10.2. The summed E-state index contributed by atoms with van der Waals surface area (Å²) in [5, 5.41) is 0. The molecule has 0 aliphatic heterocycles. The summed E-state index contributed by atoms with van der Waals surface area (Å²) in [4.78, 5) is 11.6. The normalized spacial score (nSPS) is 12.8. The molecule has 0 aromatic carbocycles. The van der Waals surface area contributed by atoms with E-state index in [-0.39, 0.29) is 5.54 Å². The third-order valence-corrected chi connectivity index (χ3v) is 3.79. The van der Waals surface area contributed by atoms with E-state index in [0.717, 1.165) is 16.7 Å². The van der Waals surface area contributed by atoms with Crippen molar-refractivity contribution in [1.29, 1.82) is 0 Å². The fraction of sp³-hybridized carbons (Fsp3) is 0.727. The van der Waals surface area contributed by atoms with Gasteiger partial charge in [0, 0.05) is 15.8 Å². The first kappa shape index (κ1) is 15.3. The zero-order valence-corrected chi connectivity index (χ0v) is 12.6. The van der Waals surface area contributed by atoms with Crippen LogP contribution >= 0.6 is 0 Å². The van der Waals surface area contributed by atoms with Crippen LogP contribution in [0.5, 0.6) is 0 Å². The zero-order chi connectivity index (χ0) is 12.6. The van der Waals surface area contributed by atoms with Gasteiger partial charge in [-0.2, -0.15) is 0 Å². The van der Waals surface area contributed by atoms with Crippen molar-refractivity contribution in [3.8, 4) is 0 Å². The molecule has 0 saturated carbocycles. The van der Waals surface area contributed by atoms with Crippen LogP contribution in [0.25, 0.3) is 0 Å². The number of carbonyl (C=O) groups excluding carboxylic acids is 1. The number of esters is 1. The van der Waals surface area contributed by atoms with E-state index >= 15 is 0 Å². The fourth-order valence-corrected chi connectivity index (χ4v) is 1.23. The fourth-order valence-electron chi connectivity index (χ4n) is 0.999. The average Bonchev–Trinajstić information content (AvgIpc) is 2.27. The first-order chi connectivity index (χ1) is 7.56. The molecule has 1 unspecified atom stereocenters. The standard InChI is InChI=1S/C11H22O4Si/c1-5-9(16)8(4)10(12)15-11(13-6-2)14-7-3/h9,11H,4-7H2,1-3,16H3. The topological polar surface area (TPSA) is 44.8 Å². The van der Waals surface area contributed by atoms with E-state index in [1.165, 1.54) is 0 Å². The average molecular weight is 246 g/mol. The van der Waals surface area contributed by atoms with Gasteiger partial charge in [-0.25, -0.2) is 4.79 Å². The minimum absolute atomic E-state index is 0.247. The van der Waals surface area contributed by atoms with Gasteiger partial charge in [0.2, 0.25) is 0 Å². The minimum Gasteiger partial charge on any atom is -0.407 e. The molecule has 5 heteroatoms. The van der Waals surface area contributed by atoms with Crippen LogP contribution in [0.15, 0.2) is 12.2 Å². The second-order valence-electron chi connectivity index (χ2n) is 3.44. The van der Waals surface area contributed by atoms with Gasteiger partial charge in [0.1, 0.15) is 0 Å². The van der Waals surface area contributed by atoms with Crippen LogP contribution in [-0.2, 0) is 19.0 Å². The predicted octanol–water partition coefficient (Wildman–Crippen LogP) is 1.01. The largest absolute Gasteiger partial charge is 0.407 e. The molecule has 0 rings (SSSR count). The molecule has 0 spiro atoms. The van der Waals surface area contributed by atoms with E-state index in [2.05, 4.69) is 6.58 Å². The quantitative estimate of drug-likeness (QED) is 0.277. The van der Waals surface area contributed by atoms with Crippen molar-refractivity contribution in [2.24, 2.45) is 0 Å². The van der Waals surface area contributed by atoms with Crippen molar-refractivity contribution in [3.63, 3.8) is 0 Å². The summed E-state index contributed by atoms with van der Waals surface area (Å²) in [5.41, 5.74) is 0.759. The van der Waals surface area contributed by atoms with E-state index in [1.54, 1.807) is 0 Å². The van der Waals surface area contributed by atoms with Gasteiger partial charge in [-0.1, -0.05) is 19.9 Å². The van der Waals surface area contributed by atoms with E-state index in [4.69, 9.17) is 14.2 Å². The molecule has 0 amide bonds. The lowest BCUT2D eigenvalue weighted by Crippen LogP contribution is -2.26. The maximum atomic E-state index is 11.6. The molecule has 1 atom stereocenters. The van der Waals surface area contributed by atoms with E-state index in [9.17, 15) is 4.79 Å². The van der Waals surface area contributed by atoms with Gasteiger partial charge in [-0.15, -0.1) is 0 Å². The predicted molar refractivity (Wildman–Crippen MR) is 66.3 cm³/mol. The van der Waals surface area contributed by atoms with Gasteiger partial charge in [0.15, 0.2) is 0 Å². The van der Waals surface area contributed by atoms with Gasteiger partial charge >= 0.3 is 12.4 Å². The van der Waals surface area contributed by atoms with E-state index in [1.807, 2.05) is 20.8 Å². The summed E-state index contributed by atoms with van der Waals surface area (Å²) in [6.07, 6.45) is 0.911. The molecular weight excluding hydrogens is 224 g/mol. The van der Waals surface area contributed by atoms with Crippen LogP contribution in [-0.4, -0.2) is 35.9 Å². The third kappa shape index (κ3) is 5.44. The lowest BCUT2D eigenvalue weighted by Gasteiger charge is -2.19. The van der Waals surface area contributed by atoms with Crippen molar-refractivity contribution in [1.82, 2.24) is 0 Å². The van der Waals surface area contributed by atoms with Crippen molar-refractivity contribution in [2.75, 3.05) is 13.2 Å². The molecule has 4 nitrogen and oxygen atoms in total. The monoisotopic (exact) mass is 246 g/mol. The van der Waals surface area contributed by atoms with Crippen LogP contribution in [0.3, 0.4) is 0 Å². The van der Waals surface area contributed by atoms with Gasteiger partial charge in [-0.3, -0.25) is 0 Å². The van der Waals surface area contributed by atoms with Gasteiger partial charge in [0.05, 0.1) is 13.2 Å². The SMILES string of the molecule is C=C(C(=O)OC(OCC)OCC)C([SiH3])CC. The highest BCUT2D eigenvalue weighted by molar-refractivity contribution is 6.17. The van der Waals surface area contributed by atoms with Crippen LogP contribution < -0.4 is 0 Å². The molecule has 0 aliphatic rings. The molecule has 0 fully saturated rings. The maximum absolute atomic E-state index is 11.6. The molecular formula is C11H22O4Si. The van der Waals surface area contributed by atoms with Crippen molar-refractivity contribution < 1.29 is 19.0 Å². The number of ether oxygens (including phenoxy) is 3. The summed E-state index contributed by atoms with van der Waals surface area (Å²) >= 11 is 0. The number of carbonyl (C=O) groups is 1. The molecule has 0 aromatic heterocycles. The van der Waals surface area contributed by atoms with Crippen molar-refractivity contribution in [3.05, 3.63) is 12.2 Å². The summed E-state index contributed by atoms with van der Waals surface area (Å²) in [6, 6.07) is 0. The Kier molecular flexibility index (Phi) is 8.15. The highest BCUT2D eigenvalue weighted by Crippen LogP contribution is 2.17. The number of hydrogen-bond donors (Lipinski definition) is 0. The summed E-state index contributed by atoms with van der Waals surface area (Å²) < 4.78 is 15.3. The maximum Gasteiger partial charge on any atom is 0.337 e. The molecule has 16 heavy (non-hydrogen) atoms. The molecule has 0 bridgehead atoms. The Morgan fingerprint density at radius 2 is 1.75 bits per heavy atom. The van der Waals surface area contributed by atoms with Crippen LogP contribution in [0.1, 0.15) is 27.2 Å². The third-order valence-electron chi connectivity index (χ3n) is 2.28.